The van der Waals surface area contributed by atoms with Crippen molar-refractivity contribution in [2.75, 3.05) is 13.1 Å². The molecule has 0 aromatic heterocycles. The second kappa shape index (κ2) is 6.73. The van der Waals surface area contributed by atoms with E-state index in [1.54, 1.807) is 0 Å². The highest BCUT2D eigenvalue weighted by Gasteiger charge is 2.34. The molecule has 1 rings (SSSR count). The normalized spacial score (nSPS) is 18.4. The average molecular weight is 255 g/mol. The Morgan fingerprint density at radius 1 is 1.11 bits per heavy atom. The fourth-order valence-corrected chi connectivity index (χ4v) is 2.15. The highest BCUT2D eigenvalue weighted by molar-refractivity contribution is 5.86. The van der Waals surface area contributed by atoms with Gasteiger partial charge in [-0.2, -0.15) is 0 Å². The molecule has 0 aromatic rings. The second-order valence-electron chi connectivity index (χ2n) is 5.42. The van der Waals surface area contributed by atoms with Crippen molar-refractivity contribution in [2.45, 2.75) is 51.5 Å². The van der Waals surface area contributed by atoms with Gasteiger partial charge in [0.25, 0.3) is 0 Å². The van der Waals surface area contributed by atoms with E-state index >= 15 is 0 Å². The summed E-state index contributed by atoms with van der Waals surface area (Å²) in [6.45, 7) is 4.57. The zero-order valence-corrected chi connectivity index (χ0v) is 11.4. The van der Waals surface area contributed by atoms with Gasteiger partial charge in [0.1, 0.15) is 0 Å². The summed E-state index contributed by atoms with van der Waals surface area (Å²) in [5, 5.41) is 5.57. The topological polar surface area (TPSA) is 84.2 Å². The summed E-state index contributed by atoms with van der Waals surface area (Å²) in [7, 11) is 0. The van der Waals surface area contributed by atoms with Crippen LogP contribution in [0.5, 0.6) is 0 Å². The summed E-state index contributed by atoms with van der Waals surface area (Å²) >= 11 is 0. The van der Waals surface area contributed by atoms with Gasteiger partial charge in [0.05, 0.1) is 5.54 Å². The third-order valence-electron chi connectivity index (χ3n) is 3.43. The van der Waals surface area contributed by atoms with Crippen LogP contribution in [0.2, 0.25) is 0 Å². The Bertz CT molecular complexity index is 297. The Labute approximate surface area is 109 Å². The SMILES string of the molecule is CC(C)C(=O)NCCNC(=O)C1(N)CCCCC1. The number of amides is 2. The molecule has 0 aliphatic heterocycles. The van der Waals surface area contributed by atoms with Crippen molar-refractivity contribution in [1.29, 1.82) is 0 Å². The molecule has 1 aliphatic rings. The first kappa shape index (κ1) is 15.0. The third-order valence-corrected chi connectivity index (χ3v) is 3.43. The Morgan fingerprint density at radius 2 is 1.67 bits per heavy atom. The first-order chi connectivity index (χ1) is 8.46. The predicted octanol–water partition coefficient (Wildman–Crippen LogP) is 0.536. The van der Waals surface area contributed by atoms with Gasteiger partial charge in [-0.15, -0.1) is 0 Å². The number of nitrogens with two attached hydrogens (primary N) is 1. The first-order valence-corrected chi connectivity index (χ1v) is 6.80. The van der Waals surface area contributed by atoms with Crippen molar-refractivity contribution in [2.24, 2.45) is 11.7 Å². The highest BCUT2D eigenvalue weighted by atomic mass is 16.2. The van der Waals surface area contributed by atoms with Gasteiger partial charge < -0.3 is 16.4 Å². The Hall–Kier alpha value is -1.10. The summed E-state index contributed by atoms with van der Waals surface area (Å²) in [6.07, 6.45) is 4.73. The Balaban J connectivity index is 2.22. The molecule has 2 amide bonds. The van der Waals surface area contributed by atoms with Gasteiger partial charge in [-0.25, -0.2) is 0 Å². The van der Waals surface area contributed by atoms with Gasteiger partial charge in [-0.05, 0) is 12.8 Å². The summed E-state index contributed by atoms with van der Waals surface area (Å²) in [5.74, 6) is -0.106. The fraction of sp³-hybridized carbons (Fsp3) is 0.846. The van der Waals surface area contributed by atoms with E-state index in [1.807, 2.05) is 13.8 Å². The molecule has 0 unspecified atom stereocenters. The molecule has 4 N–H and O–H groups in total. The third kappa shape index (κ3) is 4.29. The molecule has 104 valence electrons. The number of carbonyl (C=O) groups excluding carboxylic acids is 2. The zero-order chi connectivity index (χ0) is 13.6. The number of carbonyl (C=O) groups is 2. The highest BCUT2D eigenvalue weighted by Crippen LogP contribution is 2.25. The van der Waals surface area contributed by atoms with E-state index in [4.69, 9.17) is 5.73 Å². The van der Waals surface area contributed by atoms with Gasteiger partial charge in [-0.1, -0.05) is 33.1 Å². The number of hydrogen-bond donors (Lipinski definition) is 3. The molecule has 1 aliphatic carbocycles. The molecular weight excluding hydrogens is 230 g/mol. The Morgan fingerprint density at radius 3 is 2.22 bits per heavy atom. The quantitative estimate of drug-likeness (QED) is 0.627. The molecule has 0 atom stereocenters. The lowest BCUT2D eigenvalue weighted by Gasteiger charge is -2.31. The van der Waals surface area contributed by atoms with Crippen molar-refractivity contribution < 1.29 is 9.59 Å². The van der Waals surface area contributed by atoms with Crippen LogP contribution in [0.3, 0.4) is 0 Å². The molecule has 0 aromatic carbocycles. The molecule has 18 heavy (non-hydrogen) atoms. The number of hydrogen-bond acceptors (Lipinski definition) is 3. The predicted molar refractivity (Wildman–Crippen MR) is 70.9 cm³/mol. The molecule has 0 heterocycles. The van der Waals surface area contributed by atoms with E-state index in [0.717, 1.165) is 32.1 Å². The van der Waals surface area contributed by atoms with Gasteiger partial charge in [0.2, 0.25) is 11.8 Å². The van der Waals surface area contributed by atoms with Crippen LogP contribution in [0.25, 0.3) is 0 Å². The molecule has 0 radical (unpaired) electrons. The van der Waals surface area contributed by atoms with Gasteiger partial charge in [0.15, 0.2) is 0 Å². The van der Waals surface area contributed by atoms with Crippen LogP contribution in [0.15, 0.2) is 0 Å². The van der Waals surface area contributed by atoms with Crippen LogP contribution >= 0.6 is 0 Å². The van der Waals surface area contributed by atoms with Crippen LogP contribution in [-0.2, 0) is 9.59 Å². The smallest absolute Gasteiger partial charge is 0.240 e. The van der Waals surface area contributed by atoms with Crippen molar-refractivity contribution in [1.82, 2.24) is 10.6 Å². The van der Waals surface area contributed by atoms with Crippen LogP contribution in [0.4, 0.5) is 0 Å². The minimum atomic E-state index is -0.694. The monoisotopic (exact) mass is 255 g/mol. The van der Waals surface area contributed by atoms with Crippen molar-refractivity contribution in [3.63, 3.8) is 0 Å². The molecule has 0 spiro atoms. The lowest BCUT2D eigenvalue weighted by molar-refractivity contribution is -0.128. The van der Waals surface area contributed by atoms with Crippen LogP contribution in [0, 0.1) is 5.92 Å². The maximum Gasteiger partial charge on any atom is 0.240 e. The van der Waals surface area contributed by atoms with Gasteiger partial charge in [-0.3, -0.25) is 9.59 Å². The summed E-state index contributed by atoms with van der Waals surface area (Å²) in [6, 6.07) is 0. The maximum absolute atomic E-state index is 11.9. The van der Waals surface area contributed by atoms with E-state index in [2.05, 4.69) is 10.6 Å². The summed E-state index contributed by atoms with van der Waals surface area (Å²) in [4.78, 5) is 23.3. The first-order valence-electron chi connectivity index (χ1n) is 6.80. The van der Waals surface area contributed by atoms with Crippen LogP contribution in [-0.4, -0.2) is 30.4 Å². The van der Waals surface area contributed by atoms with E-state index in [1.165, 1.54) is 0 Å². The minimum Gasteiger partial charge on any atom is -0.354 e. The lowest BCUT2D eigenvalue weighted by atomic mass is 9.82. The van der Waals surface area contributed by atoms with Crippen LogP contribution in [0.1, 0.15) is 46.0 Å². The Kier molecular flexibility index (Phi) is 5.59. The standard InChI is InChI=1S/C13H25N3O2/c1-10(2)11(17)15-8-9-16-12(18)13(14)6-4-3-5-7-13/h10H,3-9,14H2,1-2H3,(H,15,17)(H,16,18). The summed E-state index contributed by atoms with van der Waals surface area (Å²) < 4.78 is 0. The van der Waals surface area contributed by atoms with Crippen LogP contribution < -0.4 is 16.4 Å². The number of rotatable bonds is 5. The lowest BCUT2D eigenvalue weighted by Crippen LogP contribution is -2.55. The molecule has 1 fully saturated rings. The second-order valence-corrected chi connectivity index (χ2v) is 5.42. The molecule has 0 bridgehead atoms. The van der Waals surface area contributed by atoms with Gasteiger partial charge >= 0.3 is 0 Å². The van der Waals surface area contributed by atoms with Crippen molar-refractivity contribution >= 4 is 11.8 Å². The number of nitrogens with one attached hydrogen (secondary N) is 2. The van der Waals surface area contributed by atoms with E-state index in [9.17, 15) is 9.59 Å². The minimum absolute atomic E-state index is 0.00405. The molecule has 0 saturated heterocycles. The molecule has 5 heteroatoms. The average Bonchev–Trinajstić information content (AvgIpc) is 2.34. The van der Waals surface area contributed by atoms with Crippen molar-refractivity contribution in [3.8, 4) is 0 Å². The zero-order valence-electron chi connectivity index (χ0n) is 11.4. The largest absolute Gasteiger partial charge is 0.354 e. The summed E-state index contributed by atoms with van der Waals surface area (Å²) in [5.41, 5.74) is 5.40. The van der Waals surface area contributed by atoms with Crippen molar-refractivity contribution in [3.05, 3.63) is 0 Å². The molecule has 1 saturated carbocycles. The molecular formula is C13H25N3O2. The fourth-order valence-electron chi connectivity index (χ4n) is 2.15. The maximum atomic E-state index is 11.9. The van der Waals surface area contributed by atoms with E-state index < -0.39 is 5.54 Å². The molecule has 5 nitrogen and oxygen atoms in total. The van der Waals surface area contributed by atoms with E-state index in [0.29, 0.717) is 13.1 Å². The van der Waals surface area contributed by atoms with Gasteiger partial charge in [0, 0.05) is 19.0 Å². The van der Waals surface area contributed by atoms with E-state index in [-0.39, 0.29) is 17.7 Å².